The predicted molar refractivity (Wildman–Crippen MR) is 82.1 cm³/mol. The topological polar surface area (TPSA) is 71.9 Å². The second-order valence-corrected chi connectivity index (χ2v) is 5.20. The monoisotopic (exact) mass is 356 g/mol. The van der Waals surface area contributed by atoms with Crippen LogP contribution in [0.15, 0.2) is 46.0 Å². The molecule has 2 heterocycles. The Morgan fingerprint density at radius 3 is 2.62 bits per heavy atom. The van der Waals surface area contributed by atoms with Gasteiger partial charge >= 0.3 is 12.0 Å². The van der Waals surface area contributed by atoms with Gasteiger partial charge in [0.1, 0.15) is 17.4 Å². The third-order valence-corrected chi connectivity index (χ3v) is 3.51. The van der Waals surface area contributed by atoms with Crippen LogP contribution in [0.2, 0.25) is 5.02 Å². The van der Waals surface area contributed by atoms with Crippen LogP contribution in [-0.2, 0) is 6.18 Å². The molecule has 0 atom stereocenters. The first-order chi connectivity index (χ1) is 11.4. The van der Waals surface area contributed by atoms with Crippen molar-refractivity contribution in [2.75, 3.05) is 5.43 Å². The van der Waals surface area contributed by atoms with Crippen molar-refractivity contribution >= 4 is 34.4 Å². The van der Waals surface area contributed by atoms with Gasteiger partial charge in [0.25, 0.3) is 5.95 Å². The van der Waals surface area contributed by atoms with Gasteiger partial charge in [-0.3, -0.25) is 0 Å². The van der Waals surface area contributed by atoms with Gasteiger partial charge < -0.3 is 9.52 Å². The second kappa shape index (κ2) is 6.04. The quantitative estimate of drug-likeness (QED) is 0.549. The van der Waals surface area contributed by atoms with E-state index >= 15 is 0 Å². The summed E-state index contributed by atoms with van der Waals surface area (Å²) in [7, 11) is 0. The molecule has 3 aromatic rings. The number of halogens is 4. The fourth-order valence-electron chi connectivity index (χ4n) is 2.07. The van der Waals surface area contributed by atoms with Gasteiger partial charge in [-0.15, -0.1) is 5.43 Å². The van der Waals surface area contributed by atoms with Crippen LogP contribution in [0.25, 0.3) is 10.8 Å². The number of aromatic amines is 1. The van der Waals surface area contributed by atoms with E-state index in [4.69, 9.17) is 16.0 Å². The van der Waals surface area contributed by atoms with Crippen LogP contribution in [0.3, 0.4) is 0 Å². The van der Waals surface area contributed by atoms with E-state index in [0.717, 1.165) is 12.3 Å². The zero-order valence-electron chi connectivity index (χ0n) is 11.9. The smallest absolute Gasteiger partial charge is 0.419 e. The maximum Gasteiger partial charge on any atom is 0.419 e. The van der Waals surface area contributed by atoms with E-state index < -0.39 is 11.7 Å². The first-order valence-corrected chi connectivity index (χ1v) is 7.02. The zero-order valence-corrected chi connectivity index (χ0v) is 12.6. The first kappa shape index (κ1) is 16.1. The molecule has 0 amide bonds. The summed E-state index contributed by atoms with van der Waals surface area (Å²) in [6, 6.07) is 7.71. The molecule has 0 radical (unpaired) electrons. The number of pyridine rings is 1. The molecule has 24 heavy (non-hydrogen) atoms. The number of benzene rings is 1. The van der Waals surface area contributed by atoms with Crippen LogP contribution < -0.4 is 10.4 Å². The van der Waals surface area contributed by atoms with Crippen molar-refractivity contribution in [1.82, 2.24) is 0 Å². The molecule has 5 nitrogen and oxygen atoms in total. The third-order valence-electron chi connectivity index (χ3n) is 3.21. The Bertz CT molecular complexity index is 922. The van der Waals surface area contributed by atoms with Gasteiger partial charge in [-0.05, 0) is 12.1 Å². The highest BCUT2D eigenvalue weighted by atomic mass is 35.5. The molecule has 124 valence electrons. The molecule has 3 rings (SSSR count). The maximum absolute atomic E-state index is 12.6. The summed E-state index contributed by atoms with van der Waals surface area (Å²) in [5.41, 5.74) is 1.59. The number of nitrogens with one attached hydrogen (secondary N) is 2. The van der Waals surface area contributed by atoms with Crippen molar-refractivity contribution in [3.05, 3.63) is 52.9 Å². The molecule has 0 saturated carbocycles. The molecule has 0 spiro atoms. The predicted octanol–water partition coefficient (Wildman–Crippen LogP) is 4.07. The lowest BCUT2D eigenvalue weighted by Gasteiger charge is -2.05. The summed E-state index contributed by atoms with van der Waals surface area (Å²) in [6.07, 6.45) is -2.44. The molecule has 0 aliphatic heterocycles. The van der Waals surface area contributed by atoms with E-state index in [1.54, 1.807) is 24.3 Å². The van der Waals surface area contributed by atoms with Crippen molar-refractivity contribution in [2.45, 2.75) is 6.18 Å². The fourth-order valence-corrected chi connectivity index (χ4v) is 2.28. The summed E-state index contributed by atoms with van der Waals surface area (Å²) in [4.78, 5) is 2.38. The molecule has 0 aliphatic rings. The number of alkyl halides is 3. The number of aromatic hydroxyl groups is 1. The minimum atomic E-state index is -4.49. The average Bonchev–Trinajstić information content (AvgIpc) is 2.85. The van der Waals surface area contributed by atoms with Gasteiger partial charge in [-0.1, -0.05) is 34.9 Å². The highest BCUT2D eigenvalue weighted by Crippen LogP contribution is 2.31. The first-order valence-electron chi connectivity index (χ1n) is 6.64. The van der Waals surface area contributed by atoms with Gasteiger partial charge in [-0.25, -0.2) is 4.98 Å². The standard InChI is InChI=1S/C15H9ClF3N3O2/c16-11-5-8(15(17,18)19)6-20-13(11)22-21-7-12-9-3-1-2-4-10(9)14(23)24-12/h1-7,23H,(H,20,22)/p+1. The molecule has 0 saturated heterocycles. The number of anilines is 1. The van der Waals surface area contributed by atoms with Crippen molar-refractivity contribution in [3.8, 4) is 5.95 Å². The molecule has 0 bridgehead atoms. The Morgan fingerprint density at radius 2 is 1.96 bits per heavy atom. The fraction of sp³-hybridized carbons (Fsp3) is 0.0667. The minimum Gasteiger partial charge on any atom is -0.480 e. The van der Waals surface area contributed by atoms with Gasteiger partial charge in [0.2, 0.25) is 0 Å². The Balaban J connectivity index is 1.81. The molecule has 2 aromatic heterocycles. The van der Waals surface area contributed by atoms with Crippen molar-refractivity contribution in [2.24, 2.45) is 5.10 Å². The number of furan rings is 1. The number of hydrazone groups is 1. The Labute approximate surface area is 138 Å². The average molecular weight is 357 g/mol. The minimum absolute atomic E-state index is 0.0843. The van der Waals surface area contributed by atoms with Crippen LogP contribution in [-0.4, -0.2) is 11.3 Å². The molecule has 9 heteroatoms. The number of hydrogen-bond acceptors (Lipinski definition) is 4. The molecule has 3 N–H and O–H groups in total. The number of fused-ring (bicyclic) bond motifs is 1. The summed E-state index contributed by atoms with van der Waals surface area (Å²) >= 11 is 5.79. The Morgan fingerprint density at radius 1 is 1.25 bits per heavy atom. The maximum atomic E-state index is 12.6. The van der Waals surface area contributed by atoms with E-state index in [-0.39, 0.29) is 16.8 Å². The van der Waals surface area contributed by atoms with Crippen LogP contribution >= 0.6 is 11.6 Å². The van der Waals surface area contributed by atoms with Crippen LogP contribution in [0.4, 0.5) is 19.0 Å². The lowest BCUT2D eigenvalue weighted by atomic mass is 10.2. The van der Waals surface area contributed by atoms with Crippen LogP contribution in [0.5, 0.6) is 5.95 Å². The number of H-pyrrole nitrogens is 1. The molecule has 0 aliphatic carbocycles. The molecular formula is C15H10ClF3N3O2+. The van der Waals surface area contributed by atoms with Gasteiger partial charge in [-0.2, -0.15) is 13.2 Å². The normalized spacial score (nSPS) is 12.2. The number of hydrogen-bond donors (Lipinski definition) is 2. The van der Waals surface area contributed by atoms with E-state index in [1.165, 1.54) is 6.21 Å². The van der Waals surface area contributed by atoms with Gasteiger partial charge in [0.05, 0.1) is 10.9 Å². The summed E-state index contributed by atoms with van der Waals surface area (Å²) in [6.45, 7) is 0. The van der Waals surface area contributed by atoms with E-state index in [0.29, 0.717) is 16.5 Å². The van der Waals surface area contributed by atoms with Crippen molar-refractivity contribution < 1.29 is 27.7 Å². The number of rotatable bonds is 3. The molecule has 0 unspecified atom stereocenters. The SMILES string of the molecule is Oc1oc(C=NNc2[nH+]cc(C(F)(F)F)cc2Cl)c2ccccc12. The van der Waals surface area contributed by atoms with Crippen LogP contribution in [0, 0.1) is 0 Å². The van der Waals surface area contributed by atoms with Crippen LogP contribution in [0.1, 0.15) is 11.3 Å². The lowest BCUT2D eigenvalue weighted by Crippen LogP contribution is -2.15. The second-order valence-electron chi connectivity index (χ2n) is 4.80. The summed E-state index contributed by atoms with van der Waals surface area (Å²) in [5.74, 6) is 0.130. The summed E-state index contributed by atoms with van der Waals surface area (Å²) in [5, 5.41) is 14.5. The van der Waals surface area contributed by atoms with Crippen molar-refractivity contribution in [1.29, 1.82) is 0 Å². The highest BCUT2D eigenvalue weighted by Gasteiger charge is 2.32. The summed E-state index contributed by atoms with van der Waals surface area (Å²) < 4.78 is 42.8. The highest BCUT2D eigenvalue weighted by molar-refractivity contribution is 6.32. The van der Waals surface area contributed by atoms with E-state index in [1.807, 2.05) is 0 Å². The number of aromatic nitrogens is 1. The van der Waals surface area contributed by atoms with Gasteiger partial charge in [0.15, 0.2) is 5.76 Å². The van der Waals surface area contributed by atoms with E-state index in [2.05, 4.69) is 15.5 Å². The Hall–Kier alpha value is -2.74. The van der Waals surface area contributed by atoms with Crippen molar-refractivity contribution in [3.63, 3.8) is 0 Å². The largest absolute Gasteiger partial charge is 0.480 e. The molecule has 1 aromatic carbocycles. The van der Waals surface area contributed by atoms with E-state index in [9.17, 15) is 18.3 Å². The third kappa shape index (κ3) is 3.13. The Kier molecular flexibility index (Phi) is 4.06. The number of nitrogens with zero attached hydrogens (tertiary/aromatic N) is 1. The lowest BCUT2D eigenvalue weighted by molar-refractivity contribution is -0.364. The zero-order chi connectivity index (χ0) is 17.3. The molecular weight excluding hydrogens is 347 g/mol. The molecule has 0 fully saturated rings. The van der Waals surface area contributed by atoms with Gasteiger partial charge in [0, 0.05) is 5.39 Å².